The van der Waals surface area contributed by atoms with Crippen LogP contribution in [0.3, 0.4) is 0 Å². The molecule has 5 nitrogen and oxygen atoms in total. The molecule has 0 unspecified atom stereocenters. The topological polar surface area (TPSA) is 54.9 Å². The van der Waals surface area contributed by atoms with Crippen LogP contribution in [0.5, 0.6) is 5.75 Å². The molecule has 0 amide bonds. The second-order valence-electron chi connectivity index (χ2n) is 5.01. The standard InChI is InChI=1S/C16H27N3O2.HI/c1-13(2)21-15-8-6-14(7-9-15)12-19-16(17-3)18-10-5-11-20-4;/h6-9,13H,5,10-12H2,1-4H3,(H2,17,18,19);1H. The number of aliphatic imine (C=N–C) groups is 1. The highest BCUT2D eigenvalue weighted by Crippen LogP contribution is 2.13. The van der Waals surface area contributed by atoms with Gasteiger partial charge in [0.15, 0.2) is 5.96 Å². The molecule has 1 rings (SSSR count). The number of hydrogen-bond donors (Lipinski definition) is 2. The van der Waals surface area contributed by atoms with Crippen molar-refractivity contribution in [2.45, 2.75) is 32.9 Å². The number of nitrogens with one attached hydrogen (secondary N) is 2. The Morgan fingerprint density at radius 1 is 1.18 bits per heavy atom. The third-order valence-corrected chi connectivity index (χ3v) is 2.80. The number of rotatable bonds is 8. The van der Waals surface area contributed by atoms with Gasteiger partial charge >= 0.3 is 0 Å². The maximum absolute atomic E-state index is 5.62. The lowest BCUT2D eigenvalue weighted by atomic mass is 10.2. The average Bonchev–Trinajstić information content (AvgIpc) is 2.47. The maximum Gasteiger partial charge on any atom is 0.191 e. The zero-order chi connectivity index (χ0) is 15.5. The number of methoxy groups -OCH3 is 1. The van der Waals surface area contributed by atoms with Crippen LogP contribution < -0.4 is 15.4 Å². The fourth-order valence-corrected chi connectivity index (χ4v) is 1.79. The number of hydrogen-bond acceptors (Lipinski definition) is 3. The van der Waals surface area contributed by atoms with Crippen LogP contribution in [-0.4, -0.2) is 39.4 Å². The summed E-state index contributed by atoms with van der Waals surface area (Å²) in [6, 6.07) is 8.10. The van der Waals surface area contributed by atoms with Gasteiger partial charge in [-0.15, -0.1) is 24.0 Å². The van der Waals surface area contributed by atoms with E-state index in [2.05, 4.69) is 27.8 Å². The van der Waals surface area contributed by atoms with Gasteiger partial charge in [0, 0.05) is 33.9 Å². The van der Waals surface area contributed by atoms with Crippen LogP contribution in [0.2, 0.25) is 0 Å². The van der Waals surface area contributed by atoms with Crippen molar-refractivity contribution >= 4 is 29.9 Å². The van der Waals surface area contributed by atoms with Crippen LogP contribution in [0, 0.1) is 0 Å². The van der Waals surface area contributed by atoms with Crippen LogP contribution in [0.1, 0.15) is 25.8 Å². The summed E-state index contributed by atoms with van der Waals surface area (Å²) in [6.07, 6.45) is 1.16. The van der Waals surface area contributed by atoms with Crippen molar-refractivity contribution in [1.82, 2.24) is 10.6 Å². The second kappa shape index (κ2) is 12.5. The molecule has 1 aromatic carbocycles. The summed E-state index contributed by atoms with van der Waals surface area (Å²) >= 11 is 0. The fourth-order valence-electron chi connectivity index (χ4n) is 1.79. The van der Waals surface area contributed by atoms with Crippen molar-refractivity contribution in [3.63, 3.8) is 0 Å². The third-order valence-electron chi connectivity index (χ3n) is 2.80. The summed E-state index contributed by atoms with van der Waals surface area (Å²) in [5.41, 5.74) is 1.19. The summed E-state index contributed by atoms with van der Waals surface area (Å²) in [5, 5.41) is 6.53. The van der Waals surface area contributed by atoms with Gasteiger partial charge in [0.05, 0.1) is 6.10 Å². The largest absolute Gasteiger partial charge is 0.491 e. The van der Waals surface area contributed by atoms with Gasteiger partial charge in [0.2, 0.25) is 0 Å². The lowest BCUT2D eigenvalue weighted by molar-refractivity contribution is 0.195. The molecule has 126 valence electrons. The number of benzene rings is 1. The third kappa shape index (κ3) is 9.09. The molecule has 6 heteroatoms. The SMILES string of the molecule is CN=C(NCCCOC)NCc1ccc(OC(C)C)cc1.I. The van der Waals surface area contributed by atoms with Crippen molar-refractivity contribution in [2.75, 3.05) is 27.3 Å². The van der Waals surface area contributed by atoms with Gasteiger partial charge in [-0.05, 0) is 38.0 Å². The lowest BCUT2D eigenvalue weighted by Crippen LogP contribution is -2.37. The monoisotopic (exact) mass is 421 g/mol. The fraction of sp³-hybridized carbons (Fsp3) is 0.562. The summed E-state index contributed by atoms with van der Waals surface area (Å²) in [5.74, 6) is 1.70. The molecule has 0 atom stereocenters. The number of nitrogens with zero attached hydrogens (tertiary/aromatic N) is 1. The highest BCUT2D eigenvalue weighted by Gasteiger charge is 2.00. The van der Waals surface area contributed by atoms with E-state index < -0.39 is 0 Å². The Kier molecular flexibility index (Phi) is 11.9. The molecular weight excluding hydrogens is 393 g/mol. The quantitative estimate of drug-likeness (QED) is 0.294. The molecule has 0 aromatic heterocycles. The van der Waals surface area contributed by atoms with Gasteiger partial charge in [0.1, 0.15) is 5.75 Å². The van der Waals surface area contributed by atoms with Gasteiger partial charge in [-0.25, -0.2) is 0 Å². The van der Waals surface area contributed by atoms with Gasteiger partial charge < -0.3 is 20.1 Å². The Morgan fingerprint density at radius 3 is 2.41 bits per heavy atom. The predicted molar refractivity (Wildman–Crippen MR) is 102 cm³/mol. The van der Waals surface area contributed by atoms with E-state index in [0.717, 1.165) is 37.8 Å². The van der Waals surface area contributed by atoms with E-state index in [1.807, 2.05) is 26.0 Å². The first-order valence-corrected chi connectivity index (χ1v) is 7.34. The maximum atomic E-state index is 5.62. The lowest BCUT2D eigenvalue weighted by Gasteiger charge is -2.13. The molecule has 0 aliphatic carbocycles. The molecule has 0 fully saturated rings. The summed E-state index contributed by atoms with van der Waals surface area (Å²) < 4.78 is 10.6. The van der Waals surface area contributed by atoms with Crippen molar-refractivity contribution in [3.8, 4) is 5.75 Å². The Labute approximate surface area is 150 Å². The van der Waals surface area contributed by atoms with Crippen molar-refractivity contribution < 1.29 is 9.47 Å². The Bertz CT molecular complexity index is 422. The highest BCUT2D eigenvalue weighted by molar-refractivity contribution is 14.0. The first kappa shape index (κ1) is 21.0. The average molecular weight is 421 g/mol. The molecule has 2 N–H and O–H groups in total. The van der Waals surface area contributed by atoms with Crippen LogP contribution in [0.25, 0.3) is 0 Å². The van der Waals surface area contributed by atoms with Gasteiger partial charge in [-0.2, -0.15) is 0 Å². The predicted octanol–water partition coefficient (Wildman–Crippen LogP) is 2.79. The van der Waals surface area contributed by atoms with Crippen molar-refractivity contribution in [3.05, 3.63) is 29.8 Å². The summed E-state index contributed by atoms with van der Waals surface area (Å²) in [4.78, 5) is 4.19. The number of guanidine groups is 1. The minimum absolute atomic E-state index is 0. The van der Waals surface area contributed by atoms with E-state index in [4.69, 9.17) is 9.47 Å². The van der Waals surface area contributed by atoms with E-state index >= 15 is 0 Å². The molecule has 0 bridgehead atoms. The van der Waals surface area contributed by atoms with Gasteiger partial charge in [0.25, 0.3) is 0 Å². The molecule has 0 aliphatic rings. The molecule has 0 spiro atoms. The summed E-state index contributed by atoms with van der Waals surface area (Å²) in [7, 11) is 3.48. The molecule has 0 aliphatic heterocycles. The molecule has 0 saturated carbocycles. The van der Waals surface area contributed by atoms with Crippen LogP contribution in [0.4, 0.5) is 0 Å². The molecule has 1 aromatic rings. The highest BCUT2D eigenvalue weighted by atomic mass is 127. The smallest absolute Gasteiger partial charge is 0.191 e. The zero-order valence-corrected chi connectivity index (χ0v) is 16.2. The normalized spacial score (nSPS) is 11.0. The van der Waals surface area contributed by atoms with E-state index in [9.17, 15) is 0 Å². The molecule has 0 radical (unpaired) electrons. The Morgan fingerprint density at radius 2 is 1.86 bits per heavy atom. The van der Waals surface area contributed by atoms with E-state index in [1.54, 1.807) is 14.2 Å². The van der Waals surface area contributed by atoms with Crippen LogP contribution >= 0.6 is 24.0 Å². The number of ether oxygens (including phenoxy) is 2. The summed E-state index contributed by atoms with van der Waals surface area (Å²) in [6.45, 7) is 6.37. The van der Waals surface area contributed by atoms with Crippen molar-refractivity contribution in [2.24, 2.45) is 4.99 Å². The first-order valence-electron chi connectivity index (χ1n) is 7.34. The van der Waals surface area contributed by atoms with Crippen LogP contribution in [0.15, 0.2) is 29.3 Å². The van der Waals surface area contributed by atoms with E-state index in [0.29, 0.717) is 0 Å². The Balaban J connectivity index is 0.00000441. The minimum Gasteiger partial charge on any atom is -0.491 e. The number of halogens is 1. The minimum atomic E-state index is 0. The molecule has 0 heterocycles. The van der Waals surface area contributed by atoms with E-state index in [-0.39, 0.29) is 30.1 Å². The zero-order valence-electron chi connectivity index (χ0n) is 13.9. The van der Waals surface area contributed by atoms with Crippen molar-refractivity contribution in [1.29, 1.82) is 0 Å². The van der Waals surface area contributed by atoms with Crippen LogP contribution in [-0.2, 0) is 11.3 Å². The first-order chi connectivity index (χ1) is 10.2. The van der Waals surface area contributed by atoms with Gasteiger partial charge in [-0.3, -0.25) is 4.99 Å². The molecular formula is C16H28IN3O2. The van der Waals surface area contributed by atoms with Gasteiger partial charge in [-0.1, -0.05) is 12.1 Å². The Hall–Kier alpha value is -1.02. The molecule has 0 saturated heterocycles. The second-order valence-corrected chi connectivity index (χ2v) is 5.01. The van der Waals surface area contributed by atoms with E-state index in [1.165, 1.54) is 5.56 Å². The molecule has 22 heavy (non-hydrogen) atoms.